The van der Waals surface area contributed by atoms with E-state index in [1.54, 1.807) is 23.9 Å². The number of carbonyl (C=O) groups excluding carboxylic acids is 1. The van der Waals surface area contributed by atoms with E-state index in [0.717, 1.165) is 5.75 Å². The first-order chi connectivity index (χ1) is 11.0. The van der Waals surface area contributed by atoms with Gasteiger partial charge in [0, 0.05) is 12.7 Å². The van der Waals surface area contributed by atoms with Gasteiger partial charge in [-0.25, -0.2) is 4.79 Å². The third kappa shape index (κ3) is 4.81. The van der Waals surface area contributed by atoms with E-state index >= 15 is 0 Å². The summed E-state index contributed by atoms with van der Waals surface area (Å²) in [7, 11) is 0. The Morgan fingerprint density at radius 1 is 1.57 bits per heavy atom. The zero-order valence-electron chi connectivity index (χ0n) is 12.8. The van der Waals surface area contributed by atoms with Crippen LogP contribution in [-0.4, -0.2) is 46.2 Å². The van der Waals surface area contributed by atoms with Gasteiger partial charge in [0.05, 0.1) is 12.1 Å². The second kappa shape index (κ2) is 8.14. The minimum absolute atomic E-state index is 0.163. The van der Waals surface area contributed by atoms with Gasteiger partial charge in [-0.2, -0.15) is 16.7 Å². The summed E-state index contributed by atoms with van der Waals surface area (Å²) in [4.78, 5) is 27.3. The Morgan fingerprint density at radius 2 is 2.35 bits per heavy atom. The van der Waals surface area contributed by atoms with Crippen molar-refractivity contribution in [2.75, 3.05) is 24.3 Å². The summed E-state index contributed by atoms with van der Waals surface area (Å²) in [6, 6.07) is 1.01. The van der Waals surface area contributed by atoms with Crippen molar-refractivity contribution >= 4 is 23.5 Å². The topological polar surface area (TPSA) is 125 Å². The molecule has 0 bridgehead atoms. The average molecular weight is 339 g/mol. The Bertz CT molecular complexity index is 633. The van der Waals surface area contributed by atoms with Gasteiger partial charge < -0.3 is 21.5 Å². The number of thioether (sulfide) groups is 1. The molecule has 9 heteroatoms. The van der Waals surface area contributed by atoms with E-state index in [4.69, 9.17) is 16.2 Å². The number of amides is 1. The van der Waals surface area contributed by atoms with E-state index in [1.807, 2.05) is 6.26 Å². The summed E-state index contributed by atoms with van der Waals surface area (Å²) in [5.74, 6) is 0.797. The molecule has 3 atom stereocenters. The van der Waals surface area contributed by atoms with Gasteiger partial charge in [0.15, 0.2) is 6.23 Å². The van der Waals surface area contributed by atoms with Crippen LogP contribution < -0.4 is 22.5 Å². The lowest BCUT2D eigenvalue weighted by atomic mass is 10.2. The number of hydrogen-bond acceptors (Lipinski definition) is 7. The van der Waals surface area contributed by atoms with Gasteiger partial charge in [0.25, 0.3) is 0 Å². The van der Waals surface area contributed by atoms with Crippen molar-refractivity contribution in [1.82, 2.24) is 14.9 Å². The highest BCUT2D eigenvalue weighted by Crippen LogP contribution is 2.19. The molecule has 0 saturated carbocycles. The highest BCUT2D eigenvalue weighted by Gasteiger charge is 2.23. The van der Waals surface area contributed by atoms with Gasteiger partial charge in [-0.15, -0.1) is 0 Å². The van der Waals surface area contributed by atoms with Crippen LogP contribution in [0, 0.1) is 0 Å². The van der Waals surface area contributed by atoms with Crippen molar-refractivity contribution in [3.63, 3.8) is 0 Å². The molecule has 0 saturated heterocycles. The Morgan fingerprint density at radius 3 is 3.04 bits per heavy atom. The predicted octanol–water partition coefficient (Wildman–Crippen LogP) is -0.524. The van der Waals surface area contributed by atoms with Crippen LogP contribution in [-0.2, 0) is 9.53 Å². The molecule has 1 aromatic heterocycles. The Balaban J connectivity index is 1.83. The summed E-state index contributed by atoms with van der Waals surface area (Å²) in [6.45, 7) is 0.302. The third-order valence-electron chi connectivity index (χ3n) is 3.38. The van der Waals surface area contributed by atoms with Gasteiger partial charge in [0.1, 0.15) is 5.82 Å². The zero-order valence-corrected chi connectivity index (χ0v) is 13.7. The predicted molar refractivity (Wildman–Crippen MR) is 89.9 cm³/mol. The second-order valence-electron chi connectivity index (χ2n) is 5.13. The fourth-order valence-corrected chi connectivity index (χ4v) is 2.58. The minimum atomic E-state index is -0.553. The van der Waals surface area contributed by atoms with Crippen LogP contribution in [0.25, 0.3) is 0 Å². The van der Waals surface area contributed by atoms with Crippen LogP contribution in [0.3, 0.4) is 0 Å². The molecule has 1 aromatic rings. The summed E-state index contributed by atoms with van der Waals surface area (Å²) < 4.78 is 7.02. The largest absolute Gasteiger partial charge is 0.383 e. The van der Waals surface area contributed by atoms with Gasteiger partial charge in [-0.1, -0.05) is 6.08 Å². The van der Waals surface area contributed by atoms with E-state index in [-0.39, 0.29) is 17.8 Å². The molecule has 0 spiro atoms. The standard InChI is InChI=1S/C14H21N5O3S/c1-23-7-5-10(15)13(20)17-8-9-2-3-12(22-9)19-6-4-11(16)18-14(19)21/h2-4,6,9-10,12H,5,7-8,15H2,1H3,(H,17,20)(H2,16,18,21)/t9-,10?,12+/m0/s1. The molecule has 0 aromatic carbocycles. The lowest BCUT2D eigenvalue weighted by molar-refractivity contribution is -0.123. The van der Waals surface area contributed by atoms with Crippen LogP contribution in [0.2, 0.25) is 0 Å². The molecule has 2 rings (SSSR count). The first-order valence-corrected chi connectivity index (χ1v) is 8.61. The molecular formula is C14H21N5O3S. The number of hydrogen-bond donors (Lipinski definition) is 3. The Labute approximate surface area is 138 Å². The molecule has 0 aliphatic carbocycles. The van der Waals surface area contributed by atoms with Crippen molar-refractivity contribution in [3.8, 4) is 0 Å². The lowest BCUT2D eigenvalue weighted by Gasteiger charge is -2.17. The highest BCUT2D eigenvalue weighted by molar-refractivity contribution is 7.98. The minimum Gasteiger partial charge on any atom is -0.383 e. The number of aromatic nitrogens is 2. The molecule has 1 aliphatic heterocycles. The maximum atomic E-state index is 11.8. The molecule has 0 radical (unpaired) electrons. The van der Waals surface area contributed by atoms with Crippen LogP contribution in [0.4, 0.5) is 5.82 Å². The summed E-state index contributed by atoms with van der Waals surface area (Å²) in [5.41, 5.74) is 10.8. The third-order valence-corrected chi connectivity index (χ3v) is 4.02. The molecule has 1 aliphatic rings. The van der Waals surface area contributed by atoms with Gasteiger partial charge in [-0.3, -0.25) is 9.36 Å². The molecule has 126 valence electrons. The first kappa shape index (κ1) is 17.5. The maximum Gasteiger partial charge on any atom is 0.351 e. The van der Waals surface area contributed by atoms with Crippen molar-refractivity contribution in [3.05, 3.63) is 34.9 Å². The number of nitrogens with one attached hydrogen (secondary N) is 1. The van der Waals surface area contributed by atoms with E-state index in [0.29, 0.717) is 13.0 Å². The number of ether oxygens (including phenoxy) is 1. The molecule has 23 heavy (non-hydrogen) atoms. The van der Waals surface area contributed by atoms with E-state index < -0.39 is 18.0 Å². The van der Waals surface area contributed by atoms with Crippen molar-refractivity contribution in [2.45, 2.75) is 24.8 Å². The van der Waals surface area contributed by atoms with Crippen LogP contribution in [0.1, 0.15) is 12.6 Å². The number of nitrogens with zero attached hydrogens (tertiary/aromatic N) is 2. The van der Waals surface area contributed by atoms with Crippen LogP contribution >= 0.6 is 11.8 Å². The van der Waals surface area contributed by atoms with Crippen molar-refractivity contribution in [2.24, 2.45) is 5.73 Å². The summed E-state index contributed by atoms with van der Waals surface area (Å²) >= 11 is 1.65. The van der Waals surface area contributed by atoms with Gasteiger partial charge in [0.2, 0.25) is 5.91 Å². The van der Waals surface area contributed by atoms with Crippen LogP contribution in [0.5, 0.6) is 0 Å². The summed E-state index contributed by atoms with van der Waals surface area (Å²) in [6.07, 6.45) is 6.78. The monoisotopic (exact) mass is 339 g/mol. The molecule has 1 unspecified atom stereocenters. The first-order valence-electron chi connectivity index (χ1n) is 7.22. The highest BCUT2D eigenvalue weighted by atomic mass is 32.2. The molecule has 2 heterocycles. The second-order valence-corrected chi connectivity index (χ2v) is 6.11. The van der Waals surface area contributed by atoms with Gasteiger partial charge >= 0.3 is 5.69 Å². The van der Waals surface area contributed by atoms with Gasteiger partial charge in [-0.05, 0) is 30.6 Å². The van der Waals surface area contributed by atoms with E-state index in [2.05, 4.69) is 10.3 Å². The van der Waals surface area contributed by atoms with Crippen molar-refractivity contribution < 1.29 is 9.53 Å². The number of carbonyl (C=O) groups is 1. The smallest absolute Gasteiger partial charge is 0.351 e. The fraction of sp³-hybridized carbons (Fsp3) is 0.500. The number of anilines is 1. The molecule has 5 N–H and O–H groups in total. The average Bonchev–Trinajstić information content (AvgIpc) is 2.98. The number of nitrogen functional groups attached to an aromatic ring is 1. The van der Waals surface area contributed by atoms with Crippen LogP contribution in [0.15, 0.2) is 29.2 Å². The van der Waals surface area contributed by atoms with E-state index in [1.165, 1.54) is 16.8 Å². The molecular weight excluding hydrogens is 318 g/mol. The zero-order chi connectivity index (χ0) is 16.8. The Kier molecular flexibility index (Phi) is 6.20. The quantitative estimate of drug-likeness (QED) is 0.571. The van der Waals surface area contributed by atoms with E-state index in [9.17, 15) is 9.59 Å². The summed E-state index contributed by atoms with van der Waals surface area (Å²) in [5, 5.41) is 2.76. The molecule has 0 fully saturated rings. The SMILES string of the molecule is CSCCC(N)C(=O)NC[C@@H]1C=C[C@H](n2ccc(N)nc2=O)O1. The number of rotatable bonds is 7. The normalized spacial score (nSPS) is 21.3. The Hall–Kier alpha value is -1.84. The van der Waals surface area contributed by atoms with Crippen molar-refractivity contribution in [1.29, 1.82) is 0 Å². The molecule has 1 amide bonds. The fourth-order valence-electron chi connectivity index (χ4n) is 2.09. The maximum absolute atomic E-state index is 11.8. The lowest BCUT2D eigenvalue weighted by Crippen LogP contribution is -2.43. The number of nitrogens with two attached hydrogens (primary N) is 2. The molecule has 8 nitrogen and oxygen atoms in total.